The molecule has 0 radical (unpaired) electrons. The van der Waals surface area contributed by atoms with E-state index in [9.17, 15) is 4.79 Å². The van der Waals surface area contributed by atoms with Gasteiger partial charge in [0.1, 0.15) is 12.4 Å². The van der Waals surface area contributed by atoms with Crippen molar-refractivity contribution in [3.63, 3.8) is 0 Å². The minimum absolute atomic E-state index is 0.165. The van der Waals surface area contributed by atoms with E-state index in [4.69, 9.17) is 9.47 Å². The number of hydrogen-bond donors (Lipinski definition) is 0. The zero-order chi connectivity index (χ0) is 15.9. The van der Waals surface area contributed by atoms with Gasteiger partial charge in [0.15, 0.2) is 0 Å². The molecule has 114 valence electrons. The molecule has 0 N–H and O–H groups in total. The average molecular weight is 296 g/mol. The topological polar surface area (TPSA) is 35.5 Å². The van der Waals surface area contributed by atoms with E-state index in [1.807, 2.05) is 62.4 Å². The van der Waals surface area contributed by atoms with Crippen LogP contribution in [0.2, 0.25) is 0 Å². The van der Waals surface area contributed by atoms with Gasteiger partial charge in [-0.3, -0.25) is 0 Å². The molecular weight excluding hydrogens is 276 g/mol. The molecule has 0 saturated carbocycles. The first kappa shape index (κ1) is 15.8. The molecule has 3 heteroatoms. The predicted molar refractivity (Wildman–Crippen MR) is 86.9 cm³/mol. The van der Waals surface area contributed by atoms with Crippen LogP contribution in [-0.2, 0) is 9.53 Å². The quantitative estimate of drug-likeness (QED) is 0.593. The Kier molecular flexibility index (Phi) is 5.37. The lowest BCUT2D eigenvalue weighted by Crippen LogP contribution is -2.21. The van der Waals surface area contributed by atoms with Gasteiger partial charge >= 0.3 is 5.97 Å². The van der Waals surface area contributed by atoms with E-state index in [-0.39, 0.29) is 6.61 Å². The van der Waals surface area contributed by atoms with Crippen LogP contribution in [0.3, 0.4) is 0 Å². The molecule has 0 spiro atoms. The molecule has 0 aliphatic heterocycles. The van der Waals surface area contributed by atoms with Crippen molar-refractivity contribution in [1.82, 2.24) is 0 Å². The van der Waals surface area contributed by atoms with Gasteiger partial charge in [-0.05, 0) is 31.5 Å². The van der Waals surface area contributed by atoms with Crippen LogP contribution < -0.4 is 4.74 Å². The molecule has 0 bridgehead atoms. The van der Waals surface area contributed by atoms with Crippen molar-refractivity contribution < 1.29 is 14.3 Å². The maximum Gasteiger partial charge on any atom is 0.352 e. The molecule has 2 aromatic rings. The Labute approximate surface area is 131 Å². The van der Waals surface area contributed by atoms with E-state index in [0.29, 0.717) is 5.75 Å². The highest BCUT2D eigenvalue weighted by molar-refractivity contribution is 5.77. The van der Waals surface area contributed by atoms with Gasteiger partial charge in [-0.2, -0.15) is 0 Å². The largest absolute Gasteiger partial charge is 0.474 e. The number of aryl methyl sites for hydroxylation is 2. The zero-order valence-electron chi connectivity index (χ0n) is 12.9. The Morgan fingerprint density at radius 3 is 2.50 bits per heavy atom. The number of esters is 1. The molecule has 0 aromatic heterocycles. The van der Waals surface area contributed by atoms with Crippen molar-refractivity contribution >= 4 is 5.97 Å². The van der Waals surface area contributed by atoms with Gasteiger partial charge in [0, 0.05) is 5.56 Å². The highest BCUT2D eigenvalue weighted by atomic mass is 16.6. The van der Waals surface area contributed by atoms with E-state index >= 15 is 0 Å². The molecule has 0 aliphatic carbocycles. The lowest BCUT2D eigenvalue weighted by atomic mass is 10.1. The summed E-state index contributed by atoms with van der Waals surface area (Å²) in [5.74, 6) is 0.214. The summed E-state index contributed by atoms with van der Waals surface area (Å²) in [5.41, 5.74) is 2.96. The Bertz CT molecular complexity index is 644. The molecule has 3 nitrogen and oxygen atoms in total. The van der Waals surface area contributed by atoms with Crippen LogP contribution in [0.5, 0.6) is 5.75 Å². The zero-order valence-corrected chi connectivity index (χ0v) is 12.9. The van der Waals surface area contributed by atoms with Gasteiger partial charge in [-0.25, -0.2) is 4.79 Å². The summed E-state index contributed by atoms with van der Waals surface area (Å²) in [4.78, 5) is 12.3. The summed E-state index contributed by atoms with van der Waals surface area (Å²) in [7, 11) is 0. The summed E-state index contributed by atoms with van der Waals surface area (Å²) < 4.78 is 11.0. The third-order valence-corrected chi connectivity index (χ3v) is 3.18. The van der Waals surface area contributed by atoms with E-state index in [2.05, 4.69) is 6.58 Å². The van der Waals surface area contributed by atoms with Crippen LogP contribution >= 0.6 is 0 Å². The van der Waals surface area contributed by atoms with Crippen LogP contribution in [0, 0.1) is 13.8 Å². The third-order valence-electron chi connectivity index (χ3n) is 3.18. The van der Waals surface area contributed by atoms with Gasteiger partial charge < -0.3 is 9.47 Å². The number of ether oxygens (including phenoxy) is 2. The van der Waals surface area contributed by atoms with Crippen molar-refractivity contribution in [2.75, 3.05) is 6.61 Å². The summed E-state index contributed by atoms with van der Waals surface area (Å²) in [6.07, 6.45) is 0.749. The molecule has 2 aromatic carbocycles. The lowest BCUT2D eigenvalue weighted by molar-refractivity contribution is -0.151. The maximum atomic E-state index is 12.3. The molecule has 1 unspecified atom stereocenters. The fourth-order valence-electron chi connectivity index (χ4n) is 2.03. The number of rotatable bonds is 6. The standard InChI is InChI=1S/C19H20O3/c1-4-12-21-19(20)18(16-10-8-14(2)9-11-16)22-17-7-5-6-15(3)13-17/h4-11,13,18H,1,12H2,2-3H3. The number of hydrogen-bond acceptors (Lipinski definition) is 3. The summed E-state index contributed by atoms with van der Waals surface area (Å²) in [6.45, 7) is 7.69. The van der Waals surface area contributed by atoms with E-state index in [1.54, 1.807) is 0 Å². The van der Waals surface area contributed by atoms with E-state index < -0.39 is 12.1 Å². The Hall–Kier alpha value is -2.55. The second kappa shape index (κ2) is 7.46. The molecule has 22 heavy (non-hydrogen) atoms. The first-order chi connectivity index (χ1) is 10.6. The fraction of sp³-hybridized carbons (Fsp3) is 0.211. The maximum absolute atomic E-state index is 12.3. The Morgan fingerprint density at radius 1 is 1.14 bits per heavy atom. The second-order valence-corrected chi connectivity index (χ2v) is 5.14. The third kappa shape index (κ3) is 4.22. The van der Waals surface area contributed by atoms with Crippen molar-refractivity contribution in [3.8, 4) is 5.75 Å². The van der Waals surface area contributed by atoms with Crippen molar-refractivity contribution in [2.24, 2.45) is 0 Å². The van der Waals surface area contributed by atoms with Gasteiger partial charge in [0.25, 0.3) is 0 Å². The lowest BCUT2D eigenvalue weighted by Gasteiger charge is -2.18. The summed E-state index contributed by atoms with van der Waals surface area (Å²) in [6, 6.07) is 15.2. The van der Waals surface area contributed by atoms with Crippen molar-refractivity contribution in [2.45, 2.75) is 20.0 Å². The number of benzene rings is 2. The highest BCUT2D eigenvalue weighted by Gasteiger charge is 2.24. The number of carbonyl (C=O) groups is 1. The summed E-state index contributed by atoms with van der Waals surface area (Å²) in [5, 5.41) is 0. The van der Waals surface area contributed by atoms with Crippen LogP contribution in [0.4, 0.5) is 0 Å². The monoisotopic (exact) mass is 296 g/mol. The molecule has 0 amide bonds. The molecule has 0 heterocycles. The SMILES string of the molecule is C=CCOC(=O)C(Oc1cccc(C)c1)c1ccc(C)cc1. The molecule has 0 aliphatic rings. The van der Waals surface area contributed by atoms with Gasteiger partial charge in [-0.1, -0.05) is 54.6 Å². The highest BCUT2D eigenvalue weighted by Crippen LogP contribution is 2.24. The van der Waals surface area contributed by atoms with Crippen LogP contribution in [0.25, 0.3) is 0 Å². The van der Waals surface area contributed by atoms with Crippen LogP contribution in [0.15, 0.2) is 61.2 Å². The fourth-order valence-corrected chi connectivity index (χ4v) is 2.03. The van der Waals surface area contributed by atoms with Gasteiger partial charge in [-0.15, -0.1) is 0 Å². The predicted octanol–water partition coefficient (Wildman–Crippen LogP) is 4.15. The molecule has 0 saturated heterocycles. The summed E-state index contributed by atoms with van der Waals surface area (Å²) >= 11 is 0. The van der Waals surface area contributed by atoms with Gasteiger partial charge in [0.2, 0.25) is 6.10 Å². The normalized spacial score (nSPS) is 11.5. The second-order valence-electron chi connectivity index (χ2n) is 5.14. The average Bonchev–Trinajstić information content (AvgIpc) is 2.51. The molecule has 0 fully saturated rings. The van der Waals surface area contributed by atoms with Crippen LogP contribution in [0.1, 0.15) is 22.8 Å². The Morgan fingerprint density at radius 2 is 1.86 bits per heavy atom. The van der Waals surface area contributed by atoms with Gasteiger partial charge in [0.05, 0.1) is 0 Å². The van der Waals surface area contributed by atoms with Crippen molar-refractivity contribution in [3.05, 3.63) is 77.9 Å². The smallest absolute Gasteiger partial charge is 0.352 e. The molecular formula is C19H20O3. The van der Waals surface area contributed by atoms with Crippen molar-refractivity contribution in [1.29, 1.82) is 0 Å². The van der Waals surface area contributed by atoms with Crippen LogP contribution in [-0.4, -0.2) is 12.6 Å². The first-order valence-electron chi connectivity index (χ1n) is 7.17. The Balaban J connectivity index is 2.26. The first-order valence-corrected chi connectivity index (χ1v) is 7.17. The molecule has 2 rings (SSSR count). The number of carbonyl (C=O) groups excluding carboxylic acids is 1. The minimum Gasteiger partial charge on any atom is -0.474 e. The minimum atomic E-state index is -0.789. The van der Waals surface area contributed by atoms with E-state index in [1.165, 1.54) is 6.08 Å². The molecule has 1 atom stereocenters. The van der Waals surface area contributed by atoms with E-state index in [0.717, 1.165) is 16.7 Å².